The Hall–Kier alpha value is -4.11. The molecule has 1 N–H and O–H groups in total. The quantitative estimate of drug-likeness (QED) is 0.279. The van der Waals surface area contributed by atoms with E-state index in [-0.39, 0.29) is 40.5 Å². The lowest BCUT2D eigenvalue weighted by Crippen LogP contribution is -2.48. The molecule has 1 aliphatic rings. The van der Waals surface area contributed by atoms with Gasteiger partial charge in [-0.3, -0.25) is 24.1 Å². The zero-order valence-corrected chi connectivity index (χ0v) is 20.8. The predicted octanol–water partition coefficient (Wildman–Crippen LogP) is 4.28. The number of carbonyl (C=O) groups excluding carboxylic acids is 5. The number of anilines is 1. The summed E-state index contributed by atoms with van der Waals surface area (Å²) in [5.74, 6) is -2.72. The lowest BCUT2D eigenvalue weighted by atomic mass is 10.0. The van der Waals surface area contributed by atoms with Crippen molar-refractivity contribution in [3.05, 3.63) is 87.3 Å². The first kappa shape index (κ1) is 25.0. The normalized spacial score (nSPS) is 13.4. The SMILES string of the molecule is CCOC(=O)c1c(NC(=O)[C@@H](Cc2ccccc2)N2C(=O)c3ccccc3C2=O)sc(C(C)=O)c1C. The topological polar surface area (TPSA) is 110 Å². The maximum atomic E-state index is 13.7. The first-order valence-corrected chi connectivity index (χ1v) is 12.2. The zero-order chi connectivity index (χ0) is 26.0. The van der Waals surface area contributed by atoms with E-state index in [0.29, 0.717) is 10.4 Å². The molecule has 3 amide bonds. The van der Waals surface area contributed by atoms with Crippen molar-refractivity contribution >= 4 is 45.8 Å². The highest BCUT2D eigenvalue weighted by atomic mass is 32.1. The number of carbonyl (C=O) groups is 5. The second kappa shape index (κ2) is 10.2. The van der Waals surface area contributed by atoms with Gasteiger partial charge >= 0.3 is 5.97 Å². The number of amides is 3. The Labute approximate surface area is 211 Å². The molecule has 36 heavy (non-hydrogen) atoms. The molecule has 0 unspecified atom stereocenters. The molecule has 1 aliphatic heterocycles. The molecule has 0 spiro atoms. The molecule has 0 fully saturated rings. The van der Waals surface area contributed by atoms with Crippen LogP contribution in [0.5, 0.6) is 0 Å². The number of esters is 1. The molecule has 2 aromatic carbocycles. The van der Waals surface area contributed by atoms with Crippen LogP contribution in [-0.2, 0) is 16.0 Å². The first-order chi connectivity index (χ1) is 17.2. The van der Waals surface area contributed by atoms with Crippen molar-refractivity contribution in [2.24, 2.45) is 0 Å². The lowest BCUT2D eigenvalue weighted by Gasteiger charge is -2.25. The van der Waals surface area contributed by atoms with Crippen LogP contribution < -0.4 is 5.32 Å². The number of fused-ring (bicyclic) bond motifs is 1. The Morgan fingerprint density at radius 1 is 0.972 bits per heavy atom. The monoisotopic (exact) mass is 504 g/mol. The standard InChI is InChI=1S/C27H24N2O6S/c1-4-35-27(34)21-15(2)22(16(3)30)36-24(21)28-23(31)20(14-17-10-6-5-7-11-17)29-25(32)18-12-8-9-13-19(18)26(29)33/h5-13,20H,4,14H2,1-3H3,(H,28,31)/t20-/m1/s1. The van der Waals surface area contributed by atoms with Crippen LogP contribution >= 0.6 is 11.3 Å². The number of imide groups is 1. The van der Waals surface area contributed by atoms with E-state index < -0.39 is 29.7 Å². The van der Waals surface area contributed by atoms with Gasteiger partial charge in [0.25, 0.3) is 11.8 Å². The van der Waals surface area contributed by atoms with Crippen LogP contribution in [0.2, 0.25) is 0 Å². The van der Waals surface area contributed by atoms with Gasteiger partial charge in [-0.1, -0.05) is 42.5 Å². The van der Waals surface area contributed by atoms with Crippen LogP contribution in [0.4, 0.5) is 5.00 Å². The number of rotatable bonds is 8. The van der Waals surface area contributed by atoms with Crippen LogP contribution in [0.3, 0.4) is 0 Å². The summed E-state index contributed by atoms with van der Waals surface area (Å²) in [6, 6.07) is 14.2. The number of thiophene rings is 1. The van der Waals surface area contributed by atoms with Crippen molar-refractivity contribution in [2.75, 3.05) is 11.9 Å². The first-order valence-electron chi connectivity index (χ1n) is 11.4. The number of Topliss-reactive ketones (excluding diaryl/α,β-unsaturated/α-hetero) is 1. The maximum Gasteiger partial charge on any atom is 0.341 e. The Balaban J connectivity index is 1.74. The molecule has 0 radical (unpaired) electrons. The highest BCUT2D eigenvalue weighted by molar-refractivity contribution is 7.18. The number of ketones is 1. The van der Waals surface area contributed by atoms with Gasteiger partial charge in [0.2, 0.25) is 5.91 Å². The lowest BCUT2D eigenvalue weighted by molar-refractivity contribution is -0.119. The highest BCUT2D eigenvalue weighted by Gasteiger charge is 2.43. The molecule has 0 saturated heterocycles. The van der Waals surface area contributed by atoms with Crippen LogP contribution in [0.1, 0.15) is 65.7 Å². The summed E-state index contributed by atoms with van der Waals surface area (Å²) in [5.41, 5.74) is 1.69. The molecule has 4 rings (SSSR count). The van der Waals surface area contributed by atoms with Crippen molar-refractivity contribution in [1.29, 1.82) is 0 Å². The molecule has 3 aromatic rings. The van der Waals surface area contributed by atoms with Gasteiger partial charge in [-0.05, 0) is 44.0 Å². The molecular weight excluding hydrogens is 480 g/mol. The number of ether oxygens (including phenoxy) is 1. The second-order valence-corrected chi connectivity index (χ2v) is 9.28. The minimum Gasteiger partial charge on any atom is -0.462 e. The fourth-order valence-corrected chi connectivity index (χ4v) is 5.30. The van der Waals surface area contributed by atoms with Gasteiger partial charge in [0.05, 0.1) is 28.2 Å². The number of benzene rings is 2. The average Bonchev–Trinajstić information content (AvgIpc) is 3.32. The van der Waals surface area contributed by atoms with E-state index >= 15 is 0 Å². The molecular formula is C27H24N2O6S. The third kappa shape index (κ3) is 4.57. The van der Waals surface area contributed by atoms with Crippen LogP contribution in [0, 0.1) is 6.92 Å². The Bertz CT molecular complexity index is 1340. The molecule has 184 valence electrons. The van der Waals surface area contributed by atoms with E-state index in [2.05, 4.69) is 5.32 Å². The molecule has 2 heterocycles. The third-order valence-corrected chi connectivity index (χ3v) is 7.20. The summed E-state index contributed by atoms with van der Waals surface area (Å²) in [7, 11) is 0. The van der Waals surface area contributed by atoms with Crippen LogP contribution in [0.25, 0.3) is 0 Å². The molecule has 1 aromatic heterocycles. The van der Waals surface area contributed by atoms with E-state index in [9.17, 15) is 24.0 Å². The highest BCUT2D eigenvalue weighted by Crippen LogP contribution is 2.35. The van der Waals surface area contributed by atoms with Gasteiger partial charge in [-0.2, -0.15) is 0 Å². The Morgan fingerprint density at radius 3 is 2.11 bits per heavy atom. The largest absolute Gasteiger partial charge is 0.462 e. The molecule has 0 aliphatic carbocycles. The molecule has 0 saturated carbocycles. The number of hydrogen-bond acceptors (Lipinski definition) is 7. The van der Waals surface area contributed by atoms with Crippen molar-refractivity contribution in [3.8, 4) is 0 Å². The summed E-state index contributed by atoms with van der Waals surface area (Å²) >= 11 is 0.961. The molecule has 0 bridgehead atoms. The smallest absolute Gasteiger partial charge is 0.341 e. The van der Waals surface area contributed by atoms with Crippen LogP contribution in [0.15, 0.2) is 54.6 Å². The average molecular weight is 505 g/mol. The van der Waals surface area contributed by atoms with Gasteiger partial charge in [-0.25, -0.2) is 4.79 Å². The fourth-order valence-electron chi connectivity index (χ4n) is 4.21. The van der Waals surface area contributed by atoms with Gasteiger partial charge in [0.1, 0.15) is 11.0 Å². The maximum absolute atomic E-state index is 13.7. The van der Waals surface area contributed by atoms with E-state index in [4.69, 9.17) is 4.74 Å². The molecule has 9 heteroatoms. The summed E-state index contributed by atoms with van der Waals surface area (Å²) in [6.45, 7) is 4.75. The third-order valence-electron chi connectivity index (χ3n) is 5.89. The van der Waals surface area contributed by atoms with Crippen LogP contribution in [-0.4, -0.2) is 47.0 Å². The minimum absolute atomic E-state index is 0.0663. The summed E-state index contributed by atoms with van der Waals surface area (Å²) in [4.78, 5) is 66.2. The second-order valence-electron chi connectivity index (χ2n) is 8.26. The summed E-state index contributed by atoms with van der Waals surface area (Å²) < 4.78 is 5.14. The van der Waals surface area contributed by atoms with Crippen molar-refractivity contribution in [3.63, 3.8) is 0 Å². The zero-order valence-electron chi connectivity index (χ0n) is 20.0. The summed E-state index contributed by atoms with van der Waals surface area (Å²) in [5, 5.41) is 2.85. The minimum atomic E-state index is -1.20. The number of hydrogen-bond donors (Lipinski definition) is 1. The fraction of sp³-hybridized carbons (Fsp3) is 0.222. The van der Waals surface area contributed by atoms with Gasteiger partial charge < -0.3 is 10.1 Å². The Kier molecular flexibility index (Phi) is 7.12. The van der Waals surface area contributed by atoms with E-state index in [0.717, 1.165) is 21.8 Å². The van der Waals surface area contributed by atoms with Crippen molar-refractivity contribution in [2.45, 2.75) is 33.2 Å². The number of nitrogens with one attached hydrogen (secondary N) is 1. The molecule has 1 atom stereocenters. The van der Waals surface area contributed by atoms with Gasteiger partial charge in [-0.15, -0.1) is 11.3 Å². The van der Waals surface area contributed by atoms with Crippen molar-refractivity contribution < 1.29 is 28.7 Å². The van der Waals surface area contributed by atoms with E-state index in [1.165, 1.54) is 6.92 Å². The number of nitrogens with zero attached hydrogens (tertiary/aromatic N) is 1. The van der Waals surface area contributed by atoms with Crippen molar-refractivity contribution in [1.82, 2.24) is 4.90 Å². The van der Waals surface area contributed by atoms with Gasteiger partial charge in [0.15, 0.2) is 5.78 Å². The summed E-state index contributed by atoms with van der Waals surface area (Å²) in [6.07, 6.45) is 0.0663. The van der Waals surface area contributed by atoms with E-state index in [1.54, 1.807) is 62.4 Å². The molecule has 8 nitrogen and oxygen atoms in total. The predicted molar refractivity (Wildman–Crippen MR) is 135 cm³/mol. The van der Waals surface area contributed by atoms with E-state index in [1.807, 2.05) is 6.07 Å². The van der Waals surface area contributed by atoms with Gasteiger partial charge in [0, 0.05) is 6.42 Å². The Morgan fingerprint density at radius 2 is 1.56 bits per heavy atom.